The Morgan fingerprint density at radius 2 is 2.00 bits per heavy atom. The summed E-state index contributed by atoms with van der Waals surface area (Å²) in [6.45, 7) is 5.49. The molecule has 0 spiro atoms. The first-order chi connectivity index (χ1) is 9.60. The molecule has 0 saturated heterocycles. The molecule has 1 aliphatic rings. The molecule has 0 radical (unpaired) electrons. The second-order valence-electron chi connectivity index (χ2n) is 6.00. The maximum Gasteiger partial charge on any atom is 0.233 e. The van der Waals surface area contributed by atoms with Crippen LogP contribution in [0.2, 0.25) is 0 Å². The Hall–Kier alpha value is -1.82. The monoisotopic (exact) mass is 270 g/mol. The van der Waals surface area contributed by atoms with Crippen LogP contribution in [-0.4, -0.2) is 23.9 Å². The highest BCUT2D eigenvalue weighted by molar-refractivity contribution is 5.91. The highest BCUT2D eigenvalue weighted by Crippen LogP contribution is 2.49. The van der Waals surface area contributed by atoms with Gasteiger partial charge in [-0.3, -0.25) is 4.79 Å². The number of carbonyl (C=O) groups is 1. The fourth-order valence-corrected chi connectivity index (χ4v) is 2.71. The SMILES string of the molecule is CC(C)CN(CCC#N)C(=O)C1(c2ccccc2)CC1. The van der Waals surface area contributed by atoms with Crippen molar-refractivity contribution < 1.29 is 4.79 Å². The van der Waals surface area contributed by atoms with E-state index in [1.54, 1.807) is 0 Å². The molecule has 1 fully saturated rings. The molecule has 106 valence electrons. The van der Waals surface area contributed by atoms with Gasteiger partial charge in [-0.1, -0.05) is 44.2 Å². The Balaban J connectivity index is 2.17. The number of benzene rings is 1. The highest BCUT2D eigenvalue weighted by atomic mass is 16.2. The predicted molar refractivity (Wildman–Crippen MR) is 79.0 cm³/mol. The highest BCUT2D eigenvalue weighted by Gasteiger charge is 2.52. The topological polar surface area (TPSA) is 44.1 Å². The van der Waals surface area contributed by atoms with Gasteiger partial charge in [0, 0.05) is 13.1 Å². The van der Waals surface area contributed by atoms with E-state index in [4.69, 9.17) is 5.26 Å². The molecule has 0 atom stereocenters. The summed E-state index contributed by atoms with van der Waals surface area (Å²) in [5, 5.41) is 8.78. The molecule has 0 aromatic heterocycles. The Labute approximate surface area is 121 Å². The number of carbonyl (C=O) groups excluding carboxylic acids is 1. The Bertz CT molecular complexity index is 497. The van der Waals surface area contributed by atoms with Gasteiger partial charge in [-0.05, 0) is 24.3 Å². The van der Waals surface area contributed by atoms with Gasteiger partial charge in [-0.25, -0.2) is 0 Å². The minimum atomic E-state index is -0.314. The molecule has 3 heteroatoms. The second kappa shape index (κ2) is 6.09. The lowest BCUT2D eigenvalue weighted by atomic mass is 9.94. The van der Waals surface area contributed by atoms with E-state index in [-0.39, 0.29) is 11.3 Å². The first kappa shape index (κ1) is 14.6. The average molecular weight is 270 g/mol. The Morgan fingerprint density at radius 3 is 2.50 bits per heavy atom. The van der Waals surface area contributed by atoms with Crippen molar-refractivity contribution in [1.29, 1.82) is 5.26 Å². The second-order valence-corrected chi connectivity index (χ2v) is 6.00. The van der Waals surface area contributed by atoms with Gasteiger partial charge in [0.1, 0.15) is 0 Å². The average Bonchev–Trinajstić information content (AvgIpc) is 3.25. The van der Waals surface area contributed by atoms with E-state index in [9.17, 15) is 4.79 Å². The molecule has 2 rings (SSSR count). The normalized spacial score (nSPS) is 15.7. The lowest BCUT2D eigenvalue weighted by Crippen LogP contribution is -2.41. The number of hydrogen-bond donors (Lipinski definition) is 0. The van der Waals surface area contributed by atoms with E-state index >= 15 is 0 Å². The summed E-state index contributed by atoms with van der Waals surface area (Å²) in [7, 11) is 0. The lowest BCUT2D eigenvalue weighted by Gasteiger charge is -2.28. The van der Waals surface area contributed by atoms with Crippen LogP contribution in [0.1, 0.15) is 38.7 Å². The van der Waals surface area contributed by atoms with Crippen LogP contribution in [0.4, 0.5) is 0 Å². The summed E-state index contributed by atoms with van der Waals surface area (Å²) in [5.41, 5.74) is 0.807. The van der Waals surface area contributed by atoms with Gasteiger partial charge in [-0.15, -0.1) is 0 Å². The largest absolute Gasteiger partial charge is 0.341 e. The molecule has 1 saturated carbocycles. The van der Waals surface area contributed by atoms with E-state index < -0.39 is 0 Å². The summed E-state index contributed by atoms with van der Waals surface area (Å²) in [6, 6.07) is 12.2. The first-order valence-electron chi connectivity index (χ1n) is 7.32. The standard InChI is InChI=1S/C17H22N2O/c1-14(2)13-19(12-6-11-18)16(20)17(9-10-17)15-7-4-3-5-8-15/h3-5,7-8,14H,6,9-10,12-13H2,1-2H3. The van der Waals surface area contributed by atoms with Gasteiger partial charge in [0.05, 0.1) is 17.9 Å². The summed E-state index contributed by atoms with van der Waals surface area (Å²) < 4.78 is 0. The van der Waals surface area contributed by atoms with Gasteiger partial charge in [0.2, 0.25) is 5.91 Å². The molecule has 0 unspecified atom stereocenters. The van der Waals surface area contributed by atoms with Crippen molar-refractivity contribution in [3.63, 3.8) is 0 Å². The summed E-state index contributed by atoms with van der Waals surface area (Å²) >= 11 is 0. The van der Waals surface area contributed by atoms with Gasteiger partial charge in [0.25, 0.3) is 0 Å². The van der Waals surface area contributed by atoms with Crippen molar-refractivity contribution in [2.75, 3.05) is 13.1 Å². The lowest BCUT2D eigenvalue weighted by molar-refractivity contribution is -0.134. The van der Waals surface area contributed by atoms with E-state index in [1.807, 2.05) is 35.2 Å². The molecule has 0 N–H and O–H groups in total. The summed E-state index contributed by atoms with van der Waals surface area (Å²) in [4.78, 5) is 14.8. The van der Waals surface area contributed by atoms with Crippen LogP contribution in [0.25, 0.3) is 0 Å². The van der Waals surface area contributed by atoms with Crippen molar-refractivity contribution >= 4 is 5.91 Å². The minimum absolute atomic E-state index is 0.202. The van der Waals surface area contributed by atoms with Gasteiger partial charge in [0.15, 0.2) is 0 Å². The van der Waals surface area contributed by atoms with Gasteiger partial charge >= 0.3 is 0 Å². The zero-order valence-corrected chi connectivity index (χ0v) is 12.3. The molecule has 1 aliphatic carbocycles. The molecular weight excluding hydrogens is 248 g/mol. The molecule has 20 heavy (non-hydrogen) atoms. The third kappa shape index (κ3) is 3.01. The molecule has 0 heterocycles. The van der Waals surface area contributed by atoms with Crippen LogP contribution in [0, 0.1) is 17.2 Å². The smallest absolute Gasteiger partial charge is 0.233 e. The fraction of sp³-hybridized carbons (Fsp3) is 0.529. The first-order valence-corrected chi connectivity index (χ1v) is 7.32. The number of rotatable bonds is 6. The van der Waals surface area contributed by atoms with E-state index in [0.29, 0.717) is 18.9 Å². The fourth-order valence-electron chi connectivity index (χ4n) is 2.71. The number of amides is 1. The quantitative estimate of drug-likeness (QED) is 0.797. The summed E-state index contributed by atoms with van der Waals surface area (Å²) in [6.07, 6.45) is 2.26. The van der Waals surface area contributed by atoms with E-state index in [2.05, 4.69) is 19.9 Å². The Kier molecular flexibility index (Phi) is 4.44. The third-order valence-corrected chi connectivity index (χ3v) is 3.85. The van der Waals surface area contributed by atoms with Crippen LogP contribution >= 0.6 is 0 Å². The molecule has 1 amide bonds. The van der Waals surface area contributed by atoms with Crippen molar-refractivity contribution in [3.05, 3.63) is 35.9 Å². The maximum atomic E-state index is 12.9. The molecule has 3 nitrogen and oxygen atoms in total. The van der Waals surface area contributed by atoms with Gasteiger partial charge in [-0.2, -0.15) is 5.26 Å². The van der Waals surface area contributed by atoms with Crippen LogP contribution in [0.5, 0.6) is 0 Å². The summed E-state index contributed by atoms with van der Waals surface area (Å²) in [5.74, 6) is 0.622. The number of nitriles is 1. The predicted octanol–water partition coefficient (Wildman–Crippen LogP) is 3.12. The Morgan fingerprint density at radius 1 is 1.35 bits per heavy atom. The third-order valence-electron chi connectivity index (χ3n) is 3.85. The zero-order chi connectivity index (χ0) is 14.6. The minimum Gasteiger partial charge on any atom is -0.341 e. The molecular formula is C17H22N2O. The van der Waals surface area contributed by atoms with Crippen LogP contribution < -0.4 is 0 Å². The van der Waals surface area contributed by atoms with E-state index in [1.165, 1.54) is 0 Å². The molecule has 0 bridgehead atoms. The molecule has 0 aliphatic heterocycles. The molecule has 1 aromatic carbocycles. The number of nitrogens with zero attached hydrogens (tertiary/aromatic N) is 2. The van der Waals surface area contributed by atoms with E-state index in [0.717, 1.165) is 24.9 Å². The maximum absolute atomic E-state index is 12.9. The molecule has 1 aromatic rings. The van der Waals surface area contributed by atoms with Crippen molar-refractivity contribution in [1.82, 2.24) is 4.90 Å². The van der Waals surface area contributed by atoms with Crippen LogP contribution in [0.15, 0.2) is 30.3 Å². The van der Waals surface area contributed by atoms with Crippen molar-refractivity contribution in [2.45, 2.75) is 38.5 Å². The van der Waals surface area contributed by atoms with Gasteiger partial charge < -0.3 is 4.90 Å². The van der Waals surface area contributed by atoms with Crippen molar-refractivity contribution in [3.8, 4) is 6.07 Å². The van der Waals surface area contributed by atoms with Crippen molar-refractivity contribution in [2.24, 2.45) is 5.92 Å². The van der Waals surface area contributed by atoms with Crippen LogP contribution in [0.3, 0.4) is 0 Å². The number of hydrogen-bond acceptors (Lipinski definition) is 2. The zero-order valence-electron chi connectivity index (χ0n) is 12.3. The van der Waals surface area contributed by atoms with Crippen LogP contribution in [-0.2, 0) is 10.2 Å².